The summed E-state index contributed by atoms with van der Waals surface area (Å²) < 4.78 is 1.40. The Balaban J connectivity index is 1.93. The molecule has 0 saturated heterocycles. The third-order valence-electron chi connectivity index (χ3n) is 5.64. The van der Waals surface area contributed by atoms with Crippen molar-refractivity contribution in [2.45, 2.75) is 6.54 Å². The number of aromatic hydroxyl groups is 1. The highest BCUT2D eigenvalue weighted by atomic mass is 16.4. The number of aromatic carboxylic acids is 1. The molecule has 1 aliphatic rings. The topological polar surface area (TPSA) is 95.1 Å². The minimum Gasteiger partial charge on any atom is -0.494 e. The first-order valence-electron chi connectivity index (χ1n) is 9.59. The second kappa shape index (κ2) is 6.40. The van der Waals surface area contributed by atoms with Crippen LogP contribution < -0.4 is 10.9 Å². The number of carbonyl (C=O) groups is 1. The second-order valence-corrected chi connectivity index (χ2v) is 7.78. The number of fused-ring (bicyclic) bond motifs is 3. The first-order valence-corrected chi connectivity index (χ1v) is 9.59. The molecule has 0 saturated carbocycles. The first kappa shape index (κ1) is 18.3. The Morgan fingerprint density at radius 2 is 1.87 bits per heavy atom. The van der Waals surface area contributed by atoms with E-state index >= 15 is 0 Å². The molecule has 3 aromatic carbocycles. The summed E-state index contributed by atoms with van der Waals surface area (Å²) in [6.07, 6.45) is 0. The molecule has 150 valence electrons. The molecule has 0 spiro atoms. The highest BCUT2D eigenvalue weighted by molar-refractivity contribution is 6.13. The van der Waals surface area contributed by atoms with Gasteiger partial charge in [0.2, 0.25) is 5.88 Å². The molecule has 0 radical (unpaired) electrons. The Morgan fingerprint density at radius 3 is 2.60 bits per heavy atom. The largest absolute Gasteiger partial charge is 0.494 e. The fourth-order valence-corrected chi connectivity index (χ4v) is 4.19. The van der Waals surface area contributed by atoms with Crippen molar-refractivity contribution in [1.82, 2.24) is 9.47 Å². The number of hydrogen-bond acceptors (Lipinski definition) is 5. The molecule has 0 atom stereocenters. The number of aromatic nitrogens is 1. The van der Waals surface area contributed by atoms with Crippen LogP contribution in [-0.2, 0) is 6.54 Å². The molecule has 4 aromatic rings. The average molecular weight is 401 g/mol. The molecule has 0 bridgehead atoms. The molecule has 1 aromatic heterocycles. The molecule has 7 heteroatoms. The Kier molecular flexibility index (Phi) is 3.91. The predicted octanol–water partition coefficient (Wildman–Crippen LogP) is 2.39. The maximum atomic E-state index is 13.1. The summed E-state index contributed by atoms with van der Waals surface area (Å²) in [5.74, 6) is -1.09. The van der Waals surface area contributed by atoms with Gasteiger partial charge < -0.3 is 15.1 Å². The Morgan fingerprint density at radius 1 is 1.10 bits per heavy atom. The molecule has 0 unspecified atom stereocenters. The van der Waals surface area contributed by atoms with E-state index in [0.29, 0.717) is 40.3 Å². The van der Waals surface area contributed by atoms with Gasteiger partial charge in [0.1, 0.15) is 0 Å². The molecule has 0 fully saturated rings. The van der Waals surface area contributed by atoms with Crippen molar-refractivity contribution in [3.05, 3.63) is 74.2 Å². The van der Waals surface area contributed by atoms with Gasteiger partial charge in [-0.2, -0.15) is 0 Å². The smallest absolute Gasteiger partial charge is 0.335 e. The van der Waals surface area contributed by atoms with E-state index in [-0.39, 0.29) is 17.0 Å². The lowest BCUT2D eigenvalue weighted by atomic mass is 9.98. The Hall–Kier alpha value is -3.71. The molecule has 0 amide bonds. The number of pyridine rings is 1. The summed E-state index contributed by atoms with van der Waals surface area (Å²) in [7, 11) is 3.82. The molecule has 30 heavy (non-hydrogen) atoms. The van der Waals surface area contributed by atoms with Gasteiger partial charge in [-0.05, 0) is 43.7 Å². The lowest BCUT2D eigenvalue weighted by molar-refractivity contribution is 0.0696. The molecule has 2 N–H and O–H groups in total. The van der Waals surface area contributed by atoms with Gasteiger partial charge in [-0.1, -0.05) is 18.2 Å². The van der Waals surface area contributed by atoms with Gasteiger partial charge in [0.15, 0.2) is 0 Å². The summed E-state index contributed by atoms with van der Waals surface area (Å²) in [5, 5.41) is 25.1. The van der Waals surface area contributed by atoms with Crippen LogP contribution in [0.4, 0.5) is 5.69 Å². The average Bonchev–Trinajstić information content (AvgIpc) is 3.09. The van der Waals surface area contributed by atoms with Crippen LogP contribution in [0, 0.1) is 10.4 Å². The van der Waals surface area contributed by atoms with Crippen LogP contribution in [-0.4, -0.2) is 46.3 Å². The van der Waals surface area contributed by atoms with Gasteiger partial charge >= 0.3 is 5.97 Å². The lowest BCUT2D eigenvalue weighted by Crippen LogP contribution is -2.26. The van der Waals surface area contributed by atoms with Crippen molar-refractivity contribution < 1.29 is 15.0 Å². The normalized spacial score (nSPS) is 12.4. The van der Waals surface area contributed by atoms with E-state index in [1.807, 2.05) is 31.1 Å². The van der Waals surface area contributed by atoms with E-state index in [9.17, 15) is 19.8 Å². The standard InChI is InChI=1S/C23H19N3O4/c1-25(2)8-9-26-21(27)15-5-3-4-14-19(15)16(22(26)28)11-18-20(14)13-7-6-12(23(29)30)10-17(13)24-18/h3-7,10-11,28H,8-9H2,1-2H3,(H,29,30). The Labute approximate surface area is 170 Å². The molecule has 7 nitrogen and oxygen atoms in total. The summed E-state index contributed by atoms with van der Waals surface area (Å²) in [6, 6.07) is 12.1. The minimum atomic E-state index is -1.01. The van der Waals surface area contributed by atoms with E-state index in [0.717, 1.165) is 15.8 Å². The van der Waals surface area contributed by atoms with Crippen molar-refractivity contribution >= 4 is 33.2 Å². The molecule has 2 heterocycles. The molecule has 1 aliphatic heterocycles. The van der Waals surface area contributed by atoms with Crippen LogP contribution in [0.1, 0.15) is 10.4 Å². The number of rotatable bonds is 4. The zero-order valence-corrected chi connectivity index (χ0v) is 16.5. The molecular weight excluding hydrogens is 382 g/mol. The summed E-state index contributed by atoms with van der Waals surface area (Å²) >= 11 is 0. The maximum Gasteiger partial charge on any atom is 0.335 e. The van der Waals surface area contributed by atoms with Crippen LogP contribution in [0.15, 0.2) is 52.3 Å². The Bertz CT molecular complexity index is 1590. The van der Waals surface area contributed by atoms with Gasteiger partial charge in [0, 0.05) is 39.7 Å². The van der Waals surface area contributed by atoms with Crippen molar-refractivity contribution in [3.8, 4) is 5.88 Å². The van der Waals surface area contributed by atoms with Crippen molar-refractivity contribution in [1.29, 1.82) is 0 Å². The van der Waals surface area contributed by atoms with Gasteiger partial charge in [-0.25, -0.2) is 9.79 Å². The predicted molar refractivity (Wildman–Crippen MR) is 113 cm³/mol. The number of carboxylic acids is 1. The monoisotopic (exact) mass is 401 g/mol. The maximum absolute atomic E-state index is 13.1. The SMILES string of the molecule is CN(C)CCn1c(O)c2cc3c(c4cccc(c1=O)c24)=c1ccc(C(=O)O)cc1=N3. The van der Waals surface area contributed by atoms with E-state index in [2.05, 4.69) is 4.99 Å². The third kappa shape index (κ3) is 2.52. The highest BCUT2D eigenvalue weighted by Crippen LogP contribution is 2.37. The summed E-state index contributed by atoms with van der Waals surface area (Å²) in [5.41, 5.74) is 0.587. The van der Waals surface area contributed by atoms with Crippen molar-refractivity contribution in [2.24, 2.45) is 4.99 Å². The molecule has 0 aliphatic carbocycles. The zero-order chi connectivity index (χ0) is 21.2. The fraction of sp³-hybridized carbons (Fsp3) is 0.174. The summed E-state index contributed by atoms with van der Waals surface area (Å²) in [6.45, 7) is 0.976. The van der Waals surface area contributed by atoms with Crippen LogP contribution in [0.25, 0.3) is 21.5 Å². The minimum absolute atomic E-state index is 0.0780. The third-order valence-corrected chi connectivity index (χ3v) is 5.64. The van der Waals surface area contributed by atoms with Crippen molar-refractivity contribution in [3.63, 3.8) is 0 Å². The van der Waals surface area contributed by atoms with E-state index in [1.165, 1.54) is 4.57 Å². The number of benzene rings is 3. The van der Waals surface area contributed by atoms with Crippen LogP contribution >= 0.6 is 0 Å². The molecular formula is C23H19N3O4. The zero-order valence-electron chi connectivity index (χ0n) is 16.5. The van der Waals surface area contributed by atoms with E-state index in [1.54, 1.807) is 30.3 Å². The van der Waals surface area contributed by atoms with Gasteiger partial charge in [-0.3, -0.25) is 9.36 Å². The summed E-state index contributed by atoms with van der Waals surface area (Å²) in [4.78, 5) is 31.0. The van der Waals surface area contributed by atoms with Crippen molar-refractivity contribution in [2.75, 3.05) is 20.6 Å². The highest BCUT2D eigenvalue weighted by Gasteiger charge is 2.19. The first-order chi connectivity index (χ1) is 14.4. The fourth-order valence-electron chi connectivity index (χ4n) is 4.19. The van der Waals surface area contributed by atoms with E-state index < -0.39 is 5.97 Å². The van der Waals surface area contributed by atoms with Crippen LogP contribution in [0.2, 0.25) is 0 Å². The quantitative estimate of drug-likeness (QED) is 0.482. The van der Waals surface area contributed by atoms with Gasteiger partial charge in [-0.15, -0.1) is 0 Å². The van der Waals surface area contributed by atoms with Crippen LogP contribution in [0.3, 0.4) is 0 Å². The number of carboxylic acid groups (broad SMARTS) is 1. The van der Waals surface area contributed by atoms with E-state index in [4.69, 9.17) is 0 Å². The number of hydrogen-bond donors (Lipinski definition) is 2. The number of nitrogens with zero attached hydrogens (tertiary/aromatic N) is 3. The second-order valence-electron chi connectivity index (χ2n) is 7.78. The lowest BCUT2D eigenvalue weighted by Gasteiger charge is -2.16. The van der Waals surface area contributed by atoms with Gasteiger partial charge in [0.05, 0.1) is 16.6 Å². The number of likely N-dealkylation sites (N-methyl/N-ethyl adjacent to an activating group) is 1. The molecule has 5 rings (SSSR count). The van der Waals surface area contributed by atoms with Crippen LogP contribution in [0.5, 0.6) is 5.88 Å². The van der Waals surface area contributed by atoms with Gasteiger partial charge in [0.25, 0.3) is 5.56 Å².